The van der Waals surface area contributed by atoms with Crippen LogP contribution in [0.4, 0.5) is 0 Å². The molecule has 70 valence electrons. The third-order valence-corrected chi connectivity index (χ3v) is 1.92. The van der Waals surface area contributed by atoms with Crippen LogP contribution in [0.2, 0.25) is 0 Å². The highest BCUT2D eigenvalue weighted by molar-refractivity contribution is 5.95. The number of hydrogen-bond acceptors (Lipinski definition) is 2. The quantitative estimate of drug-likeness (QED) is 0.588. The lowest BCUT2D eigenvalue weighted by atomic mass is 10.2. The van der Waals surface area contributed by atoms with E-state index in [1.807, 2.05) is 7.05 Å². The van der Waals surface area contributed by atoms with Gasteiger partial charge in [0.1, 0.15) is 0 Å². The molecule has 0 heterocycles. The fourth-order valence-corrected chi connectivity index (χ4v) is 1.06. The second-order valence-corrected chi connectivity index (χ2v) is 2.95. The Morgan fingerprint density at radius 1 is 1.25 bits per heavy atom. The van der Waals surface area contributed by atoms with E-state index < -0.39 is 0 Å². The Kier molecular flexibility index (Phi) is 5.43. The lowest BCUT2D eigenvalue weighted by Gasteiger charge is -2.15. The number of allylic oxidation sites excluding steroid dienone is 2. The summed E-state index contributed by atoms with van der Waals surface area (Å²) in [5, 5.41) is 0. The normalized spacial score (nSPS) is 13.4. The molecule has 2 heteroatoms. The topological polar surface area (TPSA) is 15.6 Å². The summed E-state index contributed by atoms with van der Waals surface area (Å²) in [5.74, 6) is 0. The molecule has 2 nitrogen and oxygen atoms in total. The van der Waals surface area contributed by atoms with Crippen molar-refractivity contribution in [3.05, 3.63) is 11.8 Å². The Bertz CT molecular complexity index is 178. The van der Waals surface area contributed by atoms with Crippen LogP contribution in [0, 0.1) is 0 Å². The van der Waals surface area contributed by atoms with E-state index in [4.69, 9.17) is 0 Å². The van der Waals surface area contributed by atoms with E-state index in [1.54, 1.807) is 0 Å². The zero-order valence-corrected chi connectivity index (χ0v) is 8.89. The van der Waals surface area contributed by atoms with Crippen molar-refractivity contribution in [1.29, 1.82) is 0 Å². The third-order valence-electron chi connectivity index (χ3n) is 1.92. The Morgan fingerprint density at radius 2 is 1.83 bits per heavy atom. The summed E-state index contributed by atoms with van der Waals surface area (Å²) in [6.45, 7) is 4.29. The monoisotopic (exact) mass is 168 g/mol. The van der Waals surface area contributed by atoms with E-state index in [9.17, 15) is 0 Å². The van der Waals surface area contributed by atoms with Gasteiger partial charge in [0.2, 0.25) is 0 Å². The standard InChI is InChI=1S/C10H20N2/c1-6-9(11-3)8-10(7-2)12(4)5/h8H,6-7H2,1-5H3/b10-8-,11-9?. The average molecular weight is 168 g/mol. The zero-order chi connectivity index (χ0) is 9.56. The maximum Gasteiger partial charge on any atom is 0.0359 e. The average Bonchev–Trinajstić information content (AvgIpc) is 2.06. The molecule has 0 saturated carbocycles. The van der Waals surface area contributed by atoms with Crippen LogP contribution in [0.25, 0.3) is 0 Å². The smallest absolute Gasteiger partial charge is 0.0359 e. The summed E-state index contributed by atoms with van der Waals surface area (Å²) in [6.07, 6.45) is 4.24. The molecular formula is C10H20N2. The van der Waals surface area contributed by atoms with Gasteiger partial charge >= 0.3 is 0 Å². The van der Waals surface area contributed by atoms with Crippen molar-refractivity contribution < 1.29 is 0 Å². The first-order valence-corrected chi connectivity index (χ1v) is 4.49. The summed E-state index contributed by atoms with van der Waals surface area (Å²) >= 11 is 0. The van der Waals surface area contributed by atoms with Crippen molar-refractivity contribution in [3.8, 4) is 0 Å². The second-order valence-electron chi connectivity index (χ2n) is 2.95. The molecule has 0 aliphatic carbocycles. The highest BCUT2D eigenvalue weighted by Gasteiger charge is 1.97. The molecule has 0 N–H and O–H groups in total. The number of rotatable bonds is 4. The molecule has 0 bridgehead atoms. The van der Waals surface area contributed by atoms with Gasteiger partial charge in [-0.05, 0) is 18.9 Å². The molecule has 0 unspecified atom stereocenters. The van der Waals surface area contributed by atoms with E-state index in [-0.39, 0.29) is 0 Å². The van der Waals surface area contributed by atoms with Crippen molar-refractivity contribution in [2.45, 2.75) is 26.7 Å². The summed E-state index contributed by atoms with van der Waals surface area (Å²) in [7, 11) is 5.98. The number of hydrogen-bond donors (Lipinski definition) is 0. The molecule has 0 spiro atoms. The fraction of sp³-hybridized carbons (Fsp3) is 0.700. The minimum absolute atomic E-state index is 1.01. The minimum Gasteiger partial charge on any atom is -0.381 e. The summed E-state index contributed by atoms with van der Waals surface area (Å²) in [5.41, 5.74) is 2.50. The van der Waals surface area contributed by atoms with Gasteiger partial charge in [0, 0.05) is 32.6 Å². The first-order chi connectivity index (χ1) is 5.65. The zero-order valence-electron chi connectivity index (χ0n) is 8.89. The minimum atomic E-state index is 1.01. The van der Waals surface area contributed by atoms with Crippen molar-refractivity contribution >= 4 is 5.71 Å². The van der Waals surface area contributed by atoms with Gasteiger partial charge in [-0.25, -0.2) is 0 Å². The fourth-order valence-electron chi connectivity index (χ4n) is 1.06. The van der Waals surface area contributed by atoms with E-state index in [1.165, 1.54) is 11.4 Å². The molecule has 0 atom stereocenters. The van der Waals surface area contributed by atoms with Crippen LogP contribution in [0.3, 0.4) is 0 Å². The van der Waals surface area contributed by atoms with E-state index >= 15 is 0 Å². The van der Waals surface area contributed by atoms with Crippen molar-refractivity contribution in [2.24, 2.45) is 4.99 Å². The van der Waals surface area contributed by atoms with E-state index in [0.717, 1.165) is 12.8 Å². The first-order valence-electron chi connectivity index (χ1n) is 4.49. The van der Waals surface area contributed by atoms with Gasteiger partial charge < -0.3 is 4.90 Å². The van der Waals surface area contributed by atoms with Gasteiger partial charge in [-0.3, -0.25) is 4.99 Å². The molecule has 0 rings (SSSR count). The molecule has 0 aromatic carbocycles. The van der Waals surface area contributed by atoms with Crippen molar-refractivity contribution in [1.82, 2.24) is 4.90 Å². The highest BCUT2D eigenvalue weighted by atomic mass is 15.1. The lowest BCUT2D eigenvalue weighted by molar-refractivity contribution is 0.495. The van der Waals surface area contributed by atoms with Crippen LogP contribution in [0.1, 0.15) is 26.7 Å². The lowest BCUT2D eigenvalue weighted by Crippen LogP contribution is -2.12. The molecule has 0 saturated heterocycles. The van der Waals surface area contributed by atoms with E-state index in [2.05, 4.69) is 43.9 Å². The molecule has 12 heavy (non-hydrogen) atoms. The Balaban J connectivity index is 4.47. The number of aliphatic imine (C=N–C) groups is 1. The Morgan fingerprint density at radius 3 is 2.08 bits per heavy atom. The van der Waals surface area contributed by atoms with Gasteiger partial charge in [0.15, 0.2) is 0 Å². The van der Waals surface area contributed by atoms with Crippen molar-refractivity contribution in [2.75, 3.05) is 21.1 Å². The molecule has 0 amide bonds. The maximum absolute atomic E-state index is 4.19. The highest BCUT2D eigenvalue weighted by Crippen LogP contribution is 2.04. The third kappa shape index (κ3) is 3.56. The van der Waals surface area contributed by atoms with Gasteiger partial charge in [0.05, 0.1) is 0 Å². The van der Waals surface area contributed by atoms with Crippen LogP contribution in [0.5, 0.6) is 0 Å². The van der Waals surface area contributed by atoms with Crippen LogP contribution in [-0.4, -0.2) is 31.8 Å². The second kappa shape index (κ2) is 5.81. The number of nitrogens with zero attached hydrogens (tertiary/aromatic N) is 2. The first kappa shape index (κ1) is 11.2. The van der Waals surface area contributed by atoms with Crippen LogP contribution in [-0.2, 0) is 0 Å². The maximum atomic E-state index is 4.19. The molecule has 0 aliphatic heterocycles. The van der Waals surface area contributed by atoms with Crippen LogP contribution < -0.4 is 0 Å². The molecule has 0 fully saturated rings. The molecule has 0 radical (unpaired) electrons. The summed E-state index contributed by atoms with van der Waals surface area (Å²) in [4.78, 5) is 6.33. The van der Waals surface area contributed by atoms with Crippen LogP contribution in [0.15, 0.2) is 16.8 Å². The Hall–Kier alpha value is -0.790. The Labute approximate surface area is 76.0 Å². The molecule has 0 aromatic heterocycles. The largest absolute Gasteiger partial charge is 0.381 e. The summed E-state index contributed by atoms with van der Waals surface area (Å²) < 4.78 is 0. The van der Waals surface area contributed by atoms with Crippen molar-refractivity contribution in [3.63, 3.8) is 0 Å². The molecule has 0 aromatic rings. The predicted octanol–water partition coefficient (Wildman–Crippen LogP) is 2.32. The van der Waals surface area contributed by atoms with Gasteiger partial charge in [-0.2, -0.15) is 0 Å². The summed E-state index contributed by atoms with van der Waals surface area (Å²) in [6, 6.07) is 0. The molecule has 0 aliphatic rings. The van der Waals surface area contributed by atoms with Gasteiger partial charge in [-0.15, -0.1) is 0 Å². The SMILES string of the molecule is CCC(/C=C(/CC)N(C)C)=NC. The van der Waals surface area contributed by atoms with Crippen LogP contribution >= 0.6 is 0 Å². The van der Waals surface area contributed by atoms with Gasteiger partial charge in [-0.1, -0.05) is 13.8 Å². The van der Waals surface area contributed by atoms with Gasteiger partial charge in [0.25, 0.3) is 0 Å². The molecular weight excluding hydrogens is 148 g/mol. The van der Waals surface area contributed by atoms with E-state index in [0.29, 0.717) is 0 Å². The predicted molar refractivity (Wildman–Crippen MR) is 55.7 cm³/mol.